The lowest BCUT2D eigenvalue weighted by Gasteiger charge is -2.15. The first-order chi connectivity index (χ1) is 13.2. The van der Waals surface area contributed by atoms with Crippen molar-refractivity contribution in [1.82, 2.24) is 4.57 Å². The molecular weight excluding hydrogens is 378 g/mol. The molecule has 3 aromatic rings. The Kier molecular flexibility index (Phi) is 5.55. The summed E-state index contributed by atoms with van der Waals surface area (Å²) in [6.45, 7) is 3.11. The molecule has 0 spiro atoms. The highest BCUT2D eigenvalue weighted by Gasteiger charge is 2.19. The molecule has 0 bridgehead atoms. The zero-order valence-corrected chi connectivity index (χ0v) is 17.1. The minimum absolute atomic E-state index is 0.326. The van der Waals surface area contributed by atoms with Crippen molar-refractivity contribution in [1.29, 1.82) is 0 Å². The maximum atomic E-state index is 11.2. The van der Waals surface area contributed by atoms with E-state index in [9.17, 15) is 4.79 Å². The van der Waals surface area contributed by atoms with Gasteiger partial charge in [-0.15, -0.1) is 11.3 Å². The fraction of sp³-hybridized carbons (Fsp3) is 0.409. The van der Waals surface area contributed by atoms with E-state index in [4.69, 9.17) is 16.3 Å². The monoisotopic (exact) mass is 401 g/mol. The van der Waals surface area contributed by atoms with Crippen LogP contribution in [0.2, 0.25) is 5.02 Å². The molecule has 0 atom stereocenters. The number of benzene rings is 1. The number of halogens is 1. The van der Waals surface area contributed by atoms with Crippen LogP contribution in [0.5, 0.6) is 5.75 Å². The van der Waals surface area contributed by atoms with E-state index in [1.807, 2.05) is 18.2 Å². The van der Waals surface area contributed by atoms with Crippen molar-refractivity contribution in [2.45, 2.75) is 58.1 Å². The van der Waals surface area contributed by atoms with E-state index in [1.165, 1.54) is 24.2 Å². The first-order valence-electron chi connectivity index (χ1n) is 9.74. The van der Waals surface area contributed by atoms with Crippen molar-refractivity contribution >= 4 is 39.4 Å². The van der Waals surface area contributed by atoms with Crippen LogP contribution in [0.4, 0.5) is 0 Å². The summed E-state index contributed by atoms with van der Waals surface area (Å²) in [6, 6.07) is 10.2. The van der Waals surface area contributed by atoms with Crippen LogP contribution in [-0.2, 0) is 6.54 Å². The molecule has 0 radical (unpaired) electrons. The Hall–Kier alpha value is -1.78. The second-order valence-electron chi connectivity index (χ2n) is 7.22. The third-order valence-electron chi connectivity index (χ3n) is 5.28. The topological polar surface area (TPSA) is 31.2 Å². The predicted octanol–water partition coefficient (Wildman–Crippen LogP) is 6.96. The van der Waals surface area contributed by atoms with Gasteiger partial charge in [-0.25, -0.2) is 0 Å². The molecule has 2 heterocycles. The average Bonchev–Trinajstić information content (AvgIpc) is 3.37. The standard InChI is InChI=1S/C22H24ClNO2S/c1-2-3-10-24-20(13-22-21(24)12-17(14-25)27-22)18-9-8-16(11-19(18)23)26-15-6-4-5-7-15/h8-9,11-15H,2-7,10H2,1H3. The fourth-order valence-corrected chi connectivity index (χ4v) is 5.06. The molecular formula is C22H24ClNO2S. The van der Waals surface area contributed by atoms with E-state index in [1.54, 1.807) is 0 Å². The lowest BCUT2D eigenvalue weighted by atomic mass is 10.1. The van der Waals surface area contributed by atoms with E-state index in [-0.39, 0.29) is 0 Å². The average molecular weight is 402 g/mol. The van der Waals surface area contributed by atoms with E-state index < -0.39 is 0 Å². The number of aldehydes is 1. The maximum Gasteiger partial charge on any atom is 0.160 e. The van der Waals surface area contributed by atoms with Crippen LogP contribution in [-0.4, -0.2) is 17.0 Å². The zero-order valence-electron chi connectivity index (χ0n) is 15.5. The van der Waals surface area contributed by atoms with Gasteiger partial charge in [0.1, 0.15) is 5.75 Å². The largest absolute Gasteiger partial charge is 0.490 e. The molecule has 0 aliphatic heterocycles. The van der Waals surface area contributed by atoms with Gasteiger partial charge >= 0.3 is 0 Å². The molecule has 0 unspecified atom stereocenters. The number of rotatable bonds is 7. The van der Waals surface area contributed by atoms with Crippen LogP contribution in [0.25, 0.3) is 21.5 Å². The van der Waals surface area contributed by atoms with Crippen molar-refractivity contribution in [3.05, 3.63) is 40.2 Å². The molecule has 0 amide bonds. The number of hydrogen-bond donors (Lipinski definition) is 0. The molecule has 2 aromatic heterocycles. The molecule has 5 heteroatoms. The second kappa shape index (κ2) is 8.07. The Morgan fingerprint density at radius 2 is 2.07 bits per heavy atom. The molecule has 0 saturated heterocycles. The number of nitrogens with zero attached hydrogens (tertiary/aromatic N) is 1. The van der Waals surface area contributed by atoms with Crippen LogP contribution in [0.15, 0.2) is 30.3 Å². The third-order valence-corrected chi connectivity index (χ3v) is 6.59. The number of aromatic nitrogens is 1. The molecule has 1 fully saturated rings. The normalized spacial score (nSPS) is 14.9. The number of thiophene rings is 1. The number of unbranched alkanes of at least 4 members (excludes halogenated alkanes) is 1. The third kappa shape index (κ3) is 3.78. The summed E-state index contributed by atoms with van der Waals surface area (Å²) in [5.74, 6) is 0.854. The summed E-state index contributed by atoms with van der Waals surface area (Å²) in [7, 11) is 0. The molecule has 27 heavy (non-hydrogen) atoms. The molecule has 3 nitrogen and oxygen atoms in total. The van der Waals surface area contributed by atoms with Crippen LogP contribution in [0.1, 0.15) is 55.1 Å². The number of ether oxygens (including phenoxy) is 1. The van der Waals surface area contributed by atoms with Gasteiger partial charge in [0.05, 0.1) is 31.9 Å². The van der Waals surface area contributed by atoms with Gasteiger partial charge in [0.25, 0.3) is 0 Å². The number of fused-ring (bicyclic) bond motifs is 1. The van der Waals surface area contributed by atoms with Crippen LogP contribution in [0.3, 0.4) is 0 Å². The van der Waals surface area contributed by atoms with Crippen molar-refractivity contribution in [2.75, 3.05) is 0 Å². The highest BCUT2D eigenvalue weighted by atomic mass is 35.5. The summed E-state index contributed by atoms with van der Waals surface area (Å²) < 4.78 is 9.51. The Balaban J connectivity index is 1.69. The molecule has 1 saturated carbocycles. The predicted molar refractivity (Wildman–Crippen MR) is 113 cm³/mol. The van der Waals surface area contributed by atoms with Gasteiger partial charge in [-0.2, -0.15) is 0 Å². The van der Waals surface area contributed by atoms with Crippen LogP contribution >= 0.6 is 22.9 Å². The van der Waals surface area contributed by atoms with Gasteiger partial charge < -0.3 is 9.30 Å². The molecule has 4 rings (SSSR count). The summed E-state index contributed by atoms with van der Waals surface area (Å²) >= 11 is 8.20. The smallest absolute Gasteiger partial charge is 0.160 e. The van der Waals surface area contributed by atoms with Gasteiger partial charge in [0.15, 0.2) is 6.29 Å². The van der Waals surface area contributed by atoms with Gasteiger partial charge in [-0.05, 0) is 62.4 Å². The van der Waals surface area contributed by atoms with Crippen molar-refractivity contribution in [3.8, 4) is 17.0 Å². The maximum absolute atomic E-state index is 11.2. The second-order valence-corrected chi connectivity index (χ2v) is 8.74. The minimum atomic E-state index is 0.326. The summed E-state index contributed by atoms with van der Waals surface area (Å²) in [5.41, 5.74) is 3.25. The molecule has 1 aliphatic carbocycles. The Morgan fingerprint density at radius 1 is 1.26 bits per heavy atom. The molecule has 1 aromatic carbocycles. The first-order valence-corrected chi connectivity index (χ1v) is 10.9. The quantitative estimate of drug-likeness (QED) is 0.401. The fourth-order valence-electron chi connectivity index (χ4n) is 3.87. The van der Waals surface area contributed by atoms with E-state index >= 15 is 0 Å². The van der Waals surface area contributed by atoms with Crippen LogP contribution in [0, 0.1) is 0 Å². The van der Waals surface area contributed by atoms with E-state index in [0.29, 0.717) is 11.1 Å². The zero-order chi connectivity index (χ0) is 18.8. The molecule has 142 valence electrons. The Bertz CT molecular complexity index is 953. The summed E-state index contributed by atoms with van der Waals surface area (Å²) in [4.78, 5) is 11.9. The number of aryl methyl sites for hydroxylation is 1. The van der Waals surface area contributed by atoms with Crippen molar-refractivity contribution < 1.29 is 9.53 Å². The van der Waals surface area contributed by atoms with Gasteiger partial charge in [-0.3, -0.25) is 4.79 Å². The number of carbonyl (C=O) groups is 1. The lowest BCUT2D eigenvalue weighted by Crippen LogP contribution is -2.10. The van der Waals surface area contributed by atoms with Crippen molar-refractivity contribution in [3.63, 3.8) is 0 Å². The summed E-state index contributed by atoms with van der Waals surface area (Å²) in [5, 5.41) is 0.712. The minimum Gasteiger partial charge on any atom is -0.490 e. The van der Waals surface area contributed by atoms with Crippen LogP contribution < -0.4 is 4.74 Å². The number of carbonyl (C=O) groups excluding carboxylic acids is 1. The lowest BCUT2D eigenvalue weighted by molar-refractivity contribution is 0.112. The van der Waals surface area contributed by atoms with E-state index in [2.05, 4.69) is 23.6 Å². The summed E-state index contributed by atoms with van der Waals surface area (Å²) in [6.07, 6.45) is 8.23. The van der Waals surface area contributed by atoms with E-state index in [0.717, 1.165) is 70.6 Å². The van der Waals surface area contributed by atoms with Gasteiger partial charge in [0.2, 0.25) is 0 Å². The number of hydrogen-bond acceptors (Lipinski definition) is 3. The SMILES string of the molecule is CCCCn1c(-c2ccc(OC3CCCC3)cc2Cl)cc2sc(C=O)cc21. The van der Waals surface area contributed by atoms with Gasteiger partial charge in [0, 0.05) is 12.1 Å². The highest BCUT2D eigenvalue weighted by molar-refractivity contribution is 7.20. The van der Waals surface area contributed by atoms with Crippen molar-refractivity contribution in [2.24, 2.45) is 0 Å². The molecule has 0 N–H and O–H groups in total. The highest BCUT2D eigenvalue weighted by Crippen LogP contribution is 2.38. The Labute approximate surface area is 168 Å². The first kappa shape index (κ1) is 18.6. The Morgan fingerprint density at radius 3 is 2.78 bits per heavy atom. The van der Waals surface area contributed by atoms with Gasteiger partial charge in [-0.1, -0.05) is 24.9 Å². The molecule has 1 aliphatic rings.